The number of rotatable bonds is 6. The number of hydrogen-bond acceptors (Lipinski definition) is 5. The molecule has 33 heavy (non-hydrogen) atoms. The molecule has 0 spiro atoms. The van der Waals surface area contributed by atoms with Crippen molar-refractivity contribution in [2.45, 2.75) is 58.8 Å². The highest BCUT2D eigenvalue weighted by molar-refractivity contribution is 7.22. The Hall–Kier alpha value is -1.50. The van der Waals surface area contributed by atoms with Gasteiger partial charge in [0, 0.05) is 26.2 Å². The molecule has 4 bridgehead atoms. The molecule has 7 rings (SSSR count). The monoisotopic (exact) mass is 467 g/mol. The molecular formula is C27H37N3O2S. The number of benzene rings is 1. The second-order valence-corrected chi connectivity index (χ2v) is 12.4. The van der Waals surface area contributed by atoms with Crippen molar-refractivity contribution in [1.29, 1.82) is 0 Å². The molecule has 4 saturated carbocycles. The number of aromatic nitrogens is 1. The van der Waals surface area contributed by atoms with Crippen molar-refractivity contribution in [3.05, 3.63) is 23.3 Å². The van der Waals surface area contributed by atoms with Crippen molar-refractivity contribution in [3.63, 3.8) is 0 Å². The first kappa shape index (κ1) is 22.0. The molecule has 0 N–H and O–H groups in total. The van der Waals surface area contributed by atoms with E-state index in [4.69, 9.17) is 9.72 Å². The highest BCUT2D eigenvalue weighted by Crippen LogP contribution is 2.60. The number of carbonyl (C=O) groups is 1. The molecule has 4 aliphatic carbocycles. The molecule has 5 aliphatic rings. The fourth-order valence-corrected chi connectivity index (χ4v) is 8.74. The fourth-order valence-electron chi connectivity index (χ4n) is 7.70. The Morgan fingerprint density at radius 2 is 1.79 bits per heavy atom. The lowest BCUT2D eigenvalue weighted by Gasteiger charge is -2.56. The van der Waals surface area contributed by atoms with Crippen LogP contribution in [0.15, 0.2) is 12.1 Å². The van der Waals surface area contributed by atoms with Crippen molar-refractivity contribution in [1.82, 2.24) is 9.88 Å². The molecule has 2 aromatic rings. The van der Waals surface area contributed by atoms with Gasteiger partial charge in [-0.05, 0) is 93.7 Å². The van der Waals surface area contributed by atoms with Crippen molar-refractivity contribution < 1.29 is 9.53 Å². The SMILES string of the molecule is Cc1cc(C)c2sc(N(CCCN3CCOCC3)C(=O)C34CC5CC(CC(C5)C3)C4)nc2c1. The predicted octanol–water partition coefficient (Wildman–Crippen LogP) is 5.18. The maximum atomic E-state index is 14.4. The molecule has 0 atom stereocenters. The quantitative estimate of drug-likeness (QED) is 0.587. The van der Waals surface area contributed by atoms with Gasteiger partial charge in [-0.15, -0.1) is 0 Å². The molecule has 2 heterocycles. The largest absolute Gasteiger partial charge is 0.379 e. The molecule has 1 aromatic carbocycles. The van der Waals surface area contributed by atoms with Crippen molar-refractivity contribution in [3.8, 4) is 0 Å². The molecule has 5 nitrogen and oxygen atoms in total. The Morgan fingerprint density at radius 3 is 2.45 bits per heavy atom. The summed E-state index contributed by atoms with van der Waals surface area (Å²) >= 11 is 1.72. The molecule has 1 aliphatic heterocycles. The maximum absolute atomic E-state index is 14.4. The van der Waals surface area contributed by atoms with E-state index in [2.05, 4.69) is 35.8 Å². The number of nitrogens with zero attached hydrogens (tertiary/aromatic N) is 3. The molecule has 1 saturated heterocycles. The minimum atomic E-state index is -0.128. The first-order valence-corrected chi connectivity index (χ1v) is 13.8. The van der Waals surface area contributed by atoms with Crippen LogP contribution in [-0.2, 0) is 9.53 Å². The van der Waals surface area contributed by atoms with Gasteiger partial charge in [0.15, 0.2) is 5.13 Å². The van der Waals surface area contributed by atoms with E-state index in [0.29, 0.717) is 5.91 Å². The maximum Gasteiger partial charge on any atom is 0.235 e. The lowest BCUT2D eigenvalue weighted by Crippen LogP contribution is -2.55. The number of hydrogen-bond donors (Lipinski definition) is 0. The Balaban J connectivity index is 1.29. The van der Waals surface area contributed by atoms with Crippen LogP contribution in [0.5, 0.6) is 0 Å². The van der Waals surface area contributed by atoms with Gasteiger partial charge in [-0.3, -0.25) is 14.6 Å². The Bertz CT molecular complexity index is 1010. The minimum Gasteiger partial charge on any atom is -0.379 e. The van der Waals surface area contributed by atoms with E-state index in [-0.39, 0.29) is 5.41 Å². The third-order valence-corrected chi connectivity index (χ3v) is 9.97. The summed E-state index contributed by atoms with van der Waals surface area (Å²) in [7, 11) is 0. The number of anilines is 1. The van der Waals surface area contributed by atoms with E-state index in [1.165, 1.54) is 35.1 Å². The average Bonchev–Trinajstić information content (AvgIpc) is 3.20. The standard InChI is InChI=1S/C27H37N3O2S/c1-18-10-19(2)24-23(11-18)28-26(33-24)30(5-3-4-29-6-8-32-9-7-29)25(31)27-15-20-12-21(16-27)14-22(13-20)17-27/h10-11,20-22H,3-9,12-17H2,1-2H3. The van der Waals surface area contributed by atoms with E-state index in [9.17, 15) is 4.79 Å². The number of thiazole rings is 1. The van der Waals surface area contributed by atoms with E-state index < -0.39 is 0 Å². The topological polar surface area (TPSA) is 45.7 Å². The van der Waals surface area contributed by atoms with Crippen LogP contribution in [0.25, 0.3) is 10.2 Å². The summed E-state index contributed by atoms with van der Waals surface area (Å²) in [5.41, 5.74) is 3.42. The summed E-state index contributed by atoms with van der Waals surface area (Å²) in [6.07, 6.45) is 8.42. The number of morpholine rings is 1. The lowest BCUT2D eigenvalue weighted by molar-refractivity contribution is -0.143. The van der Waals surface area contributed by atoms with Gasteiger partial charge in [0.05, 0.1) is 28.8 Å². The van der Waals surface area contributed by atoms with Crippen LogP contribution in [0.2, 0.25) is 0 Å². The zero-order valence-corrected chi connectivity index (χ0v) is 21.0. The molecule has 1 aromatic heterocycles. The van der Waals surface area contributed by atoms with E-state index in [0.717, 1.165) is 93.5 Å². The van der Waals surface area contributed by atoms with E-state index in [1.54, 1.807) is 11.3 Å². The molecule has 1 amide bonds. The number of amides is 1. The molecule has 178 valence electrons. The zero-order valence-electron chi connectivity index (χ0n) is 20.1. The number of carbonyl (C=O) groups excluding carboxylic acids is 1. The normalized spacial score (nSPS) is 31.4. The summed E-state index contributed by atoms with van der Waals surface area (Å²) in [6, 6.07) is 4.40. The van der Waals surface area contributed by atoms with E-state index >= 15 is 0 Å². The third kappa shape index (κ3) is 4.12. The number of fused-ring (bicyclic) bond motifs is 1. The van der Waals surface area contributed by atoms with Gasteiger partial charge in [0.2, 0.25) is 5.91 Å². The van der Waals surface area contributed by atoms with Crippen LogP contribution < -0.4 is 4.90 Å². The number of ether oxygens (including phenoxy) is 1. The smallest absolute Gasteiger partial charge is 0.235 e. The van der Waals surface area contributed by atoms with Gasteiger partial charge in [0.25, 0.3) is 0 Å². The van der Waals surface area contributed by atoms with E-state index in [1.807, 2.05) is 0 Å². The number of aryl methyl sites for hydroxylation is 2. The van der Waals surface area contributed by atoms with Gasteiger partial charge in [-0.25, -0.2) is 4.98 Å². The second kappa shape index (κ2) is 8.62. The summed E-state index contributed by atoms with van der Waals surface area (Å²) < 4.78 is 6.74. The predicted molar refractivity (Wildman–Crippen MR) is 134 cm³/mol. The van der Waals surface area contributed by atoms with Crippen molar-refractivity contribution in [2.75, 3.05) is 44.3 Å². The molecule has 0 radical (unpaired) electrons. The van der Waals surface area contributed by atoms with Crippen molar-refractivity contribution in [2.24, 2.45) is 23.2 Å². The summed E-state index contributed by atoms with van der Waals surface area (Å²) in [5, 5.41) is 0.918. The Labute approximate surface area is 201 Å². The summed E-state index contributed by atoms with van der Waals surface area (Å²) in [5.74, 6) is 2.71. The van der Waals surface area contributed by atoms with Crippen LogP contribution in [0.1, 0.15) is 56.1 Å². The van der Waals surface area contributed by atoms with Crippen LogP contribution in [-0.4, -0.2) is 55.2 Å². The third-order valence-electron chi connectivity index (χ3n) is 8.74. The summed E-state index contributed by atoms with van der Waals surface area (Å²) in [4.78, 5) is 24.0. The zero-order chi connectivity index (χ0) is 22.6. The second-order valence-electron chi connectivity index (χ2n) is 11.4. The molecule has 6 heteroatoms. The highest BCUT2D eigenvalue weighted by Gasteiger charge is 2.56. The molecular weight excluding hydrogens is 430 g/mol. The van der Waals surface area contributed by atoms with Crippen molar-refractivity contribution >= 4 is 32.6 Å². The van der Waals surface area contributed by atoms with Gasteiger partial charge in [-0.1, -0.05) is 17.4 Å². The van der Waals surface area contributed by atoms with Crippen LogP contribution in [0, 0.1) is 37.0 Å². The first-order valence-electron chi connectivity index (χ1n) is 13.0. The average molecular weight is 468 g/mol. The lowest BCUT2D eigenvalue weighted by atomic mass is 9.49. The Morgan fingerprint density at radius 1 is 1.12 bits per heavy atom. The first-order chi connectivity index (χ1) is 16.0. The van der Waals surface area contributed by atoms with Gasteiger partial charge in [-0.2, -0.15) is 0 Å². The van der Waals surface area contributed by atoms with Crippen LogP contribution in [0.3, 0.4) is 0 Å². The van der Waals surface area contributed by atoms with Crippen LogP contribution in [0.4, 0.5) is 5.13 Å². The highest BCUT2D eigenvalue weighted by atomic mass is 32.1. The Kier molecular flexibility index (Phi) is 5.74. The van der Waals surface area contributed by atoms with Gasteiger partial charge >= 0.3 is 0 Å². The summed E-state index contributed by atoms with van der Waals surface area (Å²) in [6.45, 7) is 9.75. The fraction of sp³-hybridized carbons (Fsp3) is 0.704. The molecule has 0 unspecified atom stereocenters. The minimum absolute atomic E-state index is 0.128. The van der Waals surface area contributed by atoms with Crippen LogP contribution >= 0.6 is 11.3 Å². The van der Waals surface area contributed by atoms with Gasteiger partial charge in [0.1, 0.15) is 0 Å². The van der Waals surface area contributed by atoms with Gasteiger partial charge < -0.3 is 4.74 Å². The molecule has 5 fully saturated rings.